The molecule has 0 unspecified atom stereocenters. The Bertz CT molecular complexity index is 827. The predicted molar refractivity (Wildman–Crippen MR) is 100 cm³/mol. The van der Waals surface area contributed by atoms with Gasteiger partial charge in [-0.1, -0.05) is 11.6 Å². The summed E-state index contributed by atoms with van der Waals surface area (Å²) in [5.74, 6) is 1.07. The molecule has 0 radical (unpaired) electrons. The van der Waals surface area contributed by atoms with Crippen molar-refractivity contribution in [2.24, 2.45) is 0 Å². The molecule has 25 heavy (non-hydrogen) atoms. The van der Waals surface area contributed by atoms with Crippen LogP contribution in [0, 0.1) is 0 Å². The van der Waals surface area contributed by atoms with Crippen molar-refractivity contribution in [3.05, 3.63) is 59.9 Å². The van der Waals surface area contributed by atoms with Crippen molar-refractivity contribution in [1.29, 1.82) is 0 Å². The number of halogens is 1. The van der Waals surface area contributed by atoms with Crippen LogP contribution in [-0.4, -0.2) is 32.7 Å². The largest absolute Gasteiger partial charge is 0.394 e. The first kappa shape index (κ1) is 17.1. The van der Waals surface area contributed by atoms with E-state index < -0.39 is 0 Å². The first-order valence-corrected chi connectivity index (χ1v) is 8.21. The number of pyridine rings is 1. The molecule has 1 atom stereocenters. The highest BCUT2D eigenvalue weighted by atomic mass is 35.5. The number of nitrogens with zero attached hydrogens (tertiary/aromatic N) is 3. The van der Waals surface area contributed by atoms with Gasteiger partial charge in [-0.2, -0.15) is 4.98 Å². The van der Waals surface area contributed by atoms with Crippen molar-refractivity contribution in [2.75, 3.05) is 17.2 Å². The Kier molecular flexibility index (Phi) is 5.42. The van der Waals surface area contributed by atoms with Crippen molar-refractivity contribution in [2.45, 2.75) is 13.0 Å². The number of aromatic nitrogens is 3. The van der Waals surface area contributed by atoms with Crippen LogP contribution in [0.2, 0.25) is 5.02 Å². The molecule has 0 saturated heterocycles. The molecule has 0 aliphatic rings. The minimum atomic E-state index is -0.156. The second-order valence-electron chi connectivity index (χ2n) is 5.56. The summed E-state index contributed by atoms with van der Waals surface area (Å²) < 4.78 is 0. The van der Waals surface area contributed by atoms with Crippen LogP contribution in [0.5, 0.6) is 0 Å². The molecule has 1 aromatic carbocycles. The molecule has 0 bridgehead atoms. The number of aliphatic hydroxyl groups is 1. The van der Waals surface area contributed by atoms with E-state index in [1.807, 2.05) is 49.4 Å². The van der Waals surface area contributed by atoms with E-state index in [0.717, 1.165) is 16.9 Å². The van der Waals surface area contributed by atoms with Crippen molar-refractivity contribution in [3.8, 4) is 11.3 Å². The van der Waals surface area contributed by atoms with Crippen molar-refractivity contribution < 1.29 is 5.11 Å². The quantitative estimate of drug-likeness (QED) is 0.625. The first-order valence-electron chi connectivity index (χ1n) is 7.83. The molecule has 2 aromatic heterocycles. The van der Waals surface area contributed by atoms with Crippen LogP contribution in [0.3, 0.4) is 0 Å². The van der Waals surface area contributed by atoms with Crippen LogP contribution in [0.25, 0.3) is 11.3 Å². The number of anilines is 3. The topological polar surface area (TPSA) is 83.0 Å². The van der Waals surface area contributed by atoms with Gasteiger partial charge in [-0.25, -0.2) is 4.98 Å². The van der Waals surface area contributed by atoms with Crippen LogP contribution in [0.15, 0.2) is 54.9 Å². The highest BCUT2D eigenvalue weighted by Crippen LogP contribution is 2.24. The fourth-order valence-electron chi connectivity index (χ4n) is 2.19. The zero-order valence-electron chi connectivity index (χ0n) is 13.6. The highest BCUT2D eigenvalue weighted by Gasteiger charge is 2.09. The third-order valence-electron chi connectivity index (χ3n) is 3.47. The van der Waals surface area contributed by atoms with E-state index in [-0.39, 0.29) is 12.6 Å². The molecule has 0 fully saturated rings. The molecule has 0 aliphatic carbocycles. The molecule has 0 amide bonds. The SMILES string of the molecule is C[C@H](CO)Nc1nc(Nc2ccc(Cl)cc2)cc(-c2ccncc2)n1. The summed E-state index contributed by atoms with van der Waals surface area (Å²) in [5.41, 5.74) is 2.54. The van der Waals surface area contributed by atoms with Crippen LogP contribution < -0.4 is 10.6 Å². The lowest BCUT2D eigenvalue weighted by Gasteiger charge is -2.14. The fourth-order valence-corrected chi connectivity index (χ4v) is 2.32. The van der Waals surface area contributed by atoms with E-state index in [1.54, 1.807) is 12.4 Å². The summed E-state index contributed by atoms with van der Waals surface area (Å²) in [4.78, 5) is 13.0. The lowest BCUT2D eigenvalue weighted by Crippen LogP contribution is -2.21. The Labute approximate surface area is 150 Å². The van der Waals surface area contributed by atoms with Crippen LogP contribution in [-0.2, 0) is 0 Å². The van der Waals surface area contributed by atoms with E-state index >= 15 is 0 Å². The standard InChI is InChI=1S/C18H18ClN5O/c1-12(11-25)21-18-23-16(13-6-8-20-9-7-13)10-17(24-18)22-15-4-2-14(19)3-5-15/h2-10,12,25H,11H2,1H3,(H2,21,22,23,24)/t12-/m1/s1. The minimum Gasteiger partial charge on any atom is -0.394 e. The summed E-state index contributed by atoms with van der Waals surface area (Å²) in [5, 5.41) is 16.3. The molecule has 0 aliphatic heterocycles. The molecule has 0 spiro atoms. The Hall–Kier alpha value is -2.70. The van der Waals surface area contributed by atoms with E-state index in [4.69, 9.17) is 11.6 Å². The molecular weight excluding hydrogens is 338 g/mol. The second-order valence-corrected chi connectivity index (χ2v) is 5.99. The average molecular weight is 356 g/mol. The Balaban J connectivity index is 1.95. The number of aliphatic hydroxyl groups excluding tert-OH is 1. The number of hydrogen-bond acceptors (Lipinski definition) is 6. The smallest absolute Gasteiger partial charge is 0.225 e. The summed E-state index contributed by atoms with van der Waals surface area (Å²) in [6, 6.07) is 12.8. The molecule has 7 heteroatoms. The monoisotopic (exact) mass is 355 g/mol. The van der Waals surface area contributed by atoms with Crippen LogP contribution in [0.1, 0.15) is 6.92 Å². The molecule has 3 aromatic rings. The average Bonchev–Trinajstić information content (AvgIpc) is 2.64. The molecule has 2 heterocycles. The highest BCUT2D eigenvalue weighted by molar-refractivity contribution is 6.30. The summed E-state index contributed by atoms with van der Waals surface area (Å²) in [7, 11) is 0. The predicted octanol–water partition coefficient (Wildman–Crippen LogP) is 3.73. The number of benzene rings is 1. The third kappa shape index (κ3) is 4.65. The Morgan fingerprint density at radius 2 is 1.80 bits per heavy atom. The van der Waals surface area contributed by atoms with Gasteiger partial charge in [-0.15, -0.1) is 0 Å². The molecule has 6 nitrogen and oxygen atoms in total. The maximum Gasteiger partial charge on any atom is 0.225 e. The van der Waals surface area contributed by atoms with Gasteiger partial charge in [-0.3, -0.25) is 4.98 Å². The van der Waals surface area contributed by atoms with Crippen LogP contribution in [0.4, 0.5) is 17.5 Å². The van der Waals surface area contributed by atoms with Gasteiger partial charge in [0, 0.05) is 40.8 Å². The Morgan fingerprint density at radius 3 is 2.48 bits per heavy atom. The van der Waals surface area contributed by atoms with Gasteiger partial charge >= 0.3 is 0 Å². The summed E-state index contributed by atoms with van der Waals surface area (Å²) >= 11 is 5.93. The van der Waals surface area contributed by atoms with Gasteiger partial charge in [0.15, 0.2) is 0 Å². The zero-order chi connectivity index (χ0) is 17.6. The maximum absolute atomic E-state index is 9.26. The van der Waals surface area contributed by atoms with Gasteiger partial charge in [0.2, 0.25) is 5.95 Å². The van der Waals surface area contributed by atoms with Crippen molar-refractivity contribution in [1.82, 2.24) is 15.0 Å². The lowest BCUT2D eigenvalue weighted by atomic mass is 10.2. The number of hydrogen-bond donors (Lipinski definition) is 3. The first-order chi connectivity index (χ1) is 12.1. The van der Waals surface area contributed by atoms with E-state index in [2.05, 4.69) is 25.6 Å². The molecular formula is C18H18ClN5O. The Morgan fingerprint density at radius 1 is 1.08 bits per heavy atom. The van der Waals surface area contributed by atoms with E-state index in [9.17, 15) is 5.11 Å². The van der Waals surface area contributed by atoms with Gasteiger partial charge in [0.05, 0.1) is 12.3 Å². The number of nitrogens with one attached hydrogen (secondary N) is 2. The lowest BCUT2D eigenvalue weighted by molar-refractivity contribution is 0.281. The van der Waals surface area contributed by atoms with Gasteiger partial charge in [0.25, 0.3) is 0 Å². The molecule has 0 saturated carbocycles. The van der Waals surface area contributed by atoms with Crippen molar-refractivity contribution >= 4 is 29.1 Å². The van der Waals surface area contributed by atoms with Crippen molar-refractivity contribution in [3.63, 3.8) is 0 Å². The maximum atomic E-state index is 9.26. The fraction of sp³-hybridized carbons (Fsp3) is 0.167. The second kappa shape index (κ2) is 7.92. The molecule has 3 rings (SSSR count). The number of rotatable bonds is 6. The molecule has 128 valence electrons. The van der Waals surface area contributed by atoms with Crippen LogP contribution >= 0.6 is 11.6 Å². The molecule has 3 N–H and O–H groups in total. The van der Waals surface area contributed by atoms with Gasteiger partial charge in [-0.05, 0) is 43.3 Å². The zero-order valence-corrected chi connectivity index (χ0v) is 14.4. The summed E-state index contributed by atoms with van der Waals surface area (Å²) in [6.45, 7) is 1.84. The third-order valence-corrected chi connectivity index (χ3v) is 3.72. The van der Waals surface area contributed by atoms with Gasteiger partial charge < -0.3 is 15.7 Å². The minimum absolute atomic E-state index is 0.0111. The van der Waals surface area contributed by atoms with E-state index in [1.165, 1.54) is 0 Å². The summed E-state index contributed by atoms with van der Waals surface area (Å²) in [6.07, 6.45) is 3.43. The van der Waals surface area contributed by atoms with Gasteiger partial charge in [0.1, 0.15) is 5.82 Å². The van der Waals surface area contributed by atoms with E-state index in [0.29, 0.717) is 16.8 Å². The normalized spacial score (nSPS) is 11.8.